The van der Waals surface area contributed by atoms with Crippen molar-refractivity contribution in [3.63, 3.8) is 0 Å². The van der Waals surface area contributed by atoms with E-state index in [-0.39, 0.29) is 0 Å². The number of hydrogen-bond acceptors (Lipinski definition) is 3. The van der Waals surface area contributed by atoms with Gasteiger partial charge in [-0.25, -0.2) is 4.98 Å². The Morgan fingerprint density at radius 3 is 2.76 bits per heavy atom. The summed E-state index contributed by atoms with van der Waals surface area (Å²) in [5.41, 5.74) is 7.08. The Kier molecular flexibility index (Phi) is 4.40. The third-order valence-corrected chi connectivity index (χ3v) is 4.03. The number of aromatic nitrogens is 1. The summed E-state index contributed by atoms with van der Waals surface area (Å²) in [5.74, 6) is 1.69. The summed E-state index contributed by atoms with van der Waals surface area (Å²) < 4.78 is 1.05. The molecule has 1 saturated carbocycles. The molecule has 17 heavy (non-hydrogen) atoms. The summed E-state index contributed by atoms with van der Waals surface area (Å²) in [6.07, 6.45) is 6.68. The maximum absolute atomic E-state index is 5.90. The van der Waals surface area contributed by atoms with Crippen LogP contribution in [-0.4, -0.2) is 17.6 Å². The van der Waals surface area contributed by atoms with Crippen LogP contribution in [0.2, 0.25) is 0 Å². The highest BCUT2D eigenvalue weighted by Gasteiger charge is 2.18. The maximum atomic E-state index is 5.90. The molecule has 1 aliphatic carbocycles. The average Bonchev–Trinajstić information content (AvgIpc) is 2.30. The van der Waals surface area contributed by atoms with Crippen LogP contribution in [-0.2, 0) is 0 Å². The molecule has 0 atom stereocenters. The molecule has 0 amide bonds. The monoisotopic (exact) mass is 297 g/mol. The summed E-state index contributed by atoms with van der Waals surface area (Å²) in [6.45, 7) is 3.05. The standard InChI is InChI=1S/C13H20BrN3/c1-9-6-12(14)13(16-7-9)17-8-10-2-4-11(15)5-3-10/h6-7,10-11H,2-5,8,15H2,1H3,(H,16,17). The van der Waals surface area contributed by atoms with E-state index in [9.17, 15) is 0 Å². The second-order valence-electron chi connectivity index (χ2n) is 5.00. The molecule has 3 N–H and O–H groups in total. The van der Waals surface area contributed by atoms with Crippen LogP contribution in [0.25, 0.3) is 0 Å². The first-order chi connectivity index (χ1) is 8.15. The molecule has 0 aliphatic heterocycles. The lowest BCUT2D eigenvalue weighted by molar-refractivity contribution is 0.338. The van der Waals surface area contributed by atoms with Crippen LogP contribution in [0.4, 0.5) is 5.82 Å². The third kappa shape index (κ3) is 3.68. The molecule has 2 rings (SSSR count). The fraction of sp³-hybridized carbons (Fsp3) is 0.615. The van der Waals surface area contributed by atoms with Gasteiger partial charge in [0, 0.05) is 18.8 Å². The van der Waals surface area contributed by atoms with Gasteiger partial charge >= 0.3 is 0 Å². The molecule has 0 spiro atoms. The molecule has 4 heteroatoms. The second-order valence-corrected chi connectivity index (χ2v) is 5.86. The highest BCUT2D eigenvalue weighted by Crippen LogP contribution is 2.25. The van der Waals surface area contributed by atoms with Crippen molar-refractivity contribution in [2.45, 2.75) is 38.6 Å². The number of halogens is 1. The minimum atomic E-state index is 0.426. The van der Waals surface area contributed by atoms with E-state index < -0.39 is 0 Å². The molecule has 0 radical (unpaired) electrons. The molecule has 0 unspecified atom stereocenters. The summed E-state index contributed by atoms with van der Waals surface area (Å²) in [5, 5.41) is 3.43. The highest BCUT2D eigenvalue weighted by molar-refractivity contribution is 9.10. The van der Waals surface area contributed by atoms with Crippen LogP contribution in [0.1, 0.15) is 31.2 Å². The first-order valence-corrected chi connectivity index (χ1v) is 7.06. The van der Waals surface area contributed by atoms with Gasteiger partial charge in [-0.2, -0.15) is 0 Å². The quantitative estimate of drug-likeness (QED) is 0.901. The van der Waals surface area contributed by atoms with Crippen molar-refractivity contribution in [1.29, 1.82) is 0 Å². The lowest BCUT2D eigenvalue weighted by Crippen LogP contribution is -2.29. The molecule has 94 valence electrons. The molecule has 0 aromatic carbocycles. The molecule has 0 saturated heterocycles. The van der Waals surface area contributed by atoms with E-state index in [0.29, 0.717) is 6.04 Å². The van der Waals surface area contributed by atoms with E-state index in [2.05, 4.69) is 32.3 Å². The van der Waals surface area contributed by atoms with Crippen molar-refractivity contribution in [1.82, 2.24) is 4.98 Å². The number of anilines is 1. The first kappa shape index (κ1) is 12.8. The zero-order valence-corrected chi connectivity index (χ0v) is 11.8. The van der Waals surface area contributed by atoms with Crippen molar-refractivity contribution in [2.24, 2.45) is 11.7 Å². The van der Waals surface area contributed by atoms with Crippen LogP contribution < -0.4 is 11.1 Å². The summed E-state index contributed by atoms with van der Waals surface area (Å²) in [4.78, 5) is 4.39. The average molecular weight is 298 g/mol. The molecule has 0 bridgehead atoms. The molecular weight excluding hydrogens is 278 g/mol. The lowest BCUT2D eigenvalue weighted by atomic mass is 9.86. The van der Waals surface area contributed by atoms with Crippen molar-refractivity contribution in [2.75, 3.05) is 11.9 Å². The summed E-state index contributed by atoms with van der Waals surface area (Å²) >= 11 is 3.54. The predicted molar refractivity (Wildman–Crippen MR) is 75.1 cm³/mol. The van der Waals surface area contributed by atoms with Gasteiger partial charge in [-0.05, 0) is 66.1 Å². The van der Waals surface area contributed by atoms with Crippen LogP contribution in [0.5, 0.6) is 0 Å². The van der Waals surface area contributed by atoms with Gasteiger partial charge in [0.15, 0.2) is 0 Å². The zero-order chi connectivity index (χ0) is 12.3. The van der Waals surface area contributed by atoms with E-state index in [1.54, 1.807) is 0 Å². The maximum Gasteiger partial charge on any atom is 0.140 e. The number of aryl methyl sites for hydroxylation is 1. The Balaban J connectivity index is 1.85. The Bertz CT molecular complexity index is 373. The van der Waals surface area contributed by atoms with Gasteiger partial charge in [0.05, 0.1) is 4.47 Å². The fourth-order valence-electron chi connectivity index (χ4n) is 2.30. The van der Waals surface area contributed by atoms with Crippen LogP contribution in [0, 0.1) is 12.8 Å². The number of rotatable bonds is 3. The molecule has 3 nitrogen and oxygen atoms in total. The normalized spacial score (nSPS) is 24.6. The van der Waals surface area contributed by atoms with Crippen LogP contribution in [0.3, 0.4) is 0 Å². The minimum absolute atomic E-state index is 0.426. The van der Waals surface area contributed by atoms with E-state index in [1.807, 2.05) is 13.1 Å². The molecular formula is C13H20BrN3. The Hall–Kier alpha value is -0.610. The van der Waals surface area contributed by atoms with Crippen molar-refractivity contribution >= 4 is 21.7 Å². The lowest BCUT2D eigenvalue weighted by Gasteiger charge is -2.26. The van der Waals surface area contributed by atoms with Crippen molar-refractivity contribution < 1.29 is 0 Å². The van der Waals surface area contributed by atoms with Gasteiger partial charge in [-0.1, -0.05) is 0 Å². The Morgan fingerprint density at radius 2 is 2.12 bits per heavy atom. The number of nitrogens with zero attached hydrogens (tertiary/aromatic N) is 1. The topological polar surface area (TPSA) is 50.9 Å². The second kappa shape index (κ2) is 5.83. The minimum Gasteiger partial charge on any atom is -0.369 e. The molecule has 1 aromatic heterocycles. The molecule has 1 fully saturated rings. The number of hydrogen-bond donors (Lipinski definition) is 2. The first-order valence-electron chi connectivity index (χ1n) is 6.26. The third-order valence-electron chi connectivity index (χ3n) is 3.43. The smallest absolute Gasteiger partial charge is 0.140 e. The Labute approximate surface area is 111 Å². The predicted octanol–water partition coefficient (Wildman–Crippen LogP) is 3.08. The molecule has 1 aromatic rings. The number of nitrogens with two attached hydrogens (primary N) is 1. The summed E-state index contributed by atoms with van der Waals surface area (Å²) in [7, 11) is 0. The van der Waals surface area contributed by atoms with E-state index >= 15 is 0 Å². The summed E-state index contributed by atoms with van der Waals surface area (Å²) in [6, 6.07) is 2.52. The van der Waals surface area contributed by atoms with Crippen molar-refractivity contribution in [3.05, 3.63) is 22.3 Å². The highest BCUT2D eigenvalue weighted by atomic mass is 79.9. The van der Waals surface area contributed by atoms with E-state index in [1.165, 1.54) is 18.4 Å². The van der Waals surface area contributed by atoms with Crippen molar-refractivity contribution in [3.8, 4) is 0 Å². The number of pyridine rings is 1. The van der Waals surface area contributed by atoms with Crippen LogP contribution >= 0.6 is 15.9 Å². The zero-order valence-electron chi connectivity index (χ0n) is 10.2. The SMILES string of the molecule is Cc1cnc(NCC2CCC(N)CC2)c(Br)c1. The Morgan fingerprint density at radius 1 is 1.41 bits per heavy atom. The van der Waals surface area contributed by atoms with E-state index in [4.69, 9.17) is 5.73 Å². The van der Waals surface area contributed by atoms with Gasteiger partial charge in [0.25, 0.3) is 0 Å². The molecule has 1 heterocycles. The van der Waals surface area contributed by atoms with Crippen LogP contribution in [0.15, 0.2) is 16.7 Å². The van der Waals surface area contributed by atoms with Gasteiger partial charge in [-0.15, -0.1) is 0 Å². The van der Waals surface area contributed by atoms with Gasteiger partial charge < -0.3 is 11.1 Å². The molecule has 1 aliphatic rings. The number of nitrogens with one attached hydrogen (secondary N) is 1. The van der Waals surface area contributed by atoms with Gasteiger partial charge in [-0.3, -0.25) is 0 Å². The largest absolute Gasteiger partial charge is 0.369 e. The van der Waals surface area contributed by atoms with Gasteiger partial charge in [0.1, 0.15) is 5.82 Å². The van der Waals surface area contributed by atoms with Gasteiger partial charge in [0.2, 0.25) is 0 Å². The fourth-order valence-corrected chi connectivity index (χ4v) is 2.90. The van der Waals surface area contributed by atoms with E-state index in [0.717, 1.165) is 35.6 Å².